The quantitative estimate of drug-likeness (QED) is 0.546. The maximum absolute atomic E-state index is 13.7. The Hall–Kier alpha value is -2.77. The number of nitrogens with one attached hydrogen (secondary N) is 1. The molecule has 2 saturated heterocycles. The van der Waals surface area contributed by atoms with E-state index in [0.29, 0.717) is 16.7 Å². The van der Waals surface area contributed by atoms with Crippen molar-refractivity contribution >= 4 is 39.1 Å². The molecule has 3 heterocycles. The molecule has 3 aliphatic rings. The van der Waals surface area contributed by atoms with Crippen LogP contribution in [-0.2, 0) is 11.2 Å². The largest absolute Gasteiger partial charge is 0.338 e. The predicted octanol–water partition coefficient (Wildman–Crippen LogP) is 5.06. The van der Waals surface area contributed by atoms with Crippen LogP contribution in [0.2, 0.25) is 0 Å². The van der Waals surface area contributed by atoms with Gasteiger partial charge in [0.25, 0.3) is 5.91 Å². The number of anilines is 1. The molecule has 35 heavy (non-hydrogen) atoms. The average Bonchev–Trinajstić information content (AvgIpc) is 3.64. The van der Waals surface area contributed by atoms with Crippen molar-refractivity contribution in [2.75, 3.05) is 31.5 Å². The Labute approximate surface area is 210 Å². The summed E-state index contributed by atoms with van der Waals surface area (Å²) in [6, 6.07) is 14.1. The lowest BCUT2D eigenvalue weighted by molar-refractivity contribution is -0.134. The second-order valence-corrected chi connectivity index (χ2v) is 11.2. The predicted molar refractivity (Wildman–Crippen MR) is 140 cm³/mol. The molecule has 2 amide bonds. The minimum atomic E-state index is -0.180. The van der Waals surface area contributed by atoms with Crippen LogP contribution >= 0.6 is 11.3 Å². The van der Waals surface area contributed by atoms with Gasteiger partial charge >= 0.3 is 0 Å². The van der Waals surface area contributed by atoms with Gasteiger partial charge in [-0.05, 0) is 80.9 Å². The van der Waals surface area contributed by atoms with Crippen LogP contribution in [0.3, 0.4) is 0 Å². The number of nitrogens with zero attached hydrogens (tertiary/aromatic N) is 3. The topological polar surface area (TPSA) is 65.5 Å². The summed E-state index contributed by atoms with van der Waals surface area (Å²) in [6.07, 6.45) is 7.52. The van der Waals surface area contributed by atoms with Gasteiger partial charge < -0.3 is 9.80 Å². The Morgan fingerprint density at radius 1 is 0.971 bits per heavy atom. The molecule has 0 radical (unpaired) electrons. The van der Waals surface area contributed by atoms with Crippen LogP contribution in [-0.4, -0.2) is 58.8 Å². The Morgan fingerprint density at radius 3 is 2.66 bits per heavy atom. The molecule has 3 aromatic rings. The van der Waals surface area contributed by atoms with E-state index in [9.17, 15) is 9.59 Å². The highest BCUT2D eigenvalue weighted by molar-refractivity contribution is 7.16. The lowest BCUT2D eigenvalue weighted by Gasteiger charge is -2.32. The van der Waals surface area contributed by atoms with Crippen LogP contribution in [0.15, 0.2) is 42.5 Å². The van der Waals surface area contributed by atoms with Gasteiger partial charge in [-0.15, -0.1) is 11.3 Å². The van der Waals surface area contributed by atoms with E-state index in [2.05, 4.69) is 15.1 Å². The Balaban J connectivity index is 1.18. The van der Waals surface area contributed by atoms with Gasteiger partial charge in [-0.3, -0.25) is 14.9 Å². The fourth-order valence-corrected chi connectivity index (χ4v) is 7.05. The molecular formula is C28H32N4O2S. The highest BCUT2D eigenvalue weighted by atomic mass is 32.1. The monoisotopic (exact) mass is 488 g/mol. The smallest absolute Gasteiger partial charge is 0.257 e. The van der Waals surface area contributed by atoms with Gasteiger partial charge in [-0.25, -0.2) is 4.98 Å². The Morgan fingerprint density at radius 2 is 1.80 bits per heavy atom. The number of rotatable bonds is 5. The second-order valence-electron chi connectivity index (χ2n) is 10.1. The summed E-state index contributed by atoms with van der Waals surface area (Å²) in [5, 5.41) is 5.75. The van der Waals surface area contributed by atoms with Gasteiger partial charge in [0.15, 0.2) is 5.13 Å². The summed E-state index contributed by atoms with van der Waals surface area (Å²) in [7, 11) is 0. The number of benzene rings is 2. The number of fused-ring (bicyclic) bond motifs is 2. The summed E-state index contributed by atoms with van der Waals surface area (Å²) in [5.74, 6) is -0.0965. The Bertz CT molecular complexity index is 1250. The maximum atomic E-state index is 13.7. The summed E-state index contributed by atoms with van der Waals surface area (Å²) in [6.45, 7) is 4.20. The van der Waals surface area contributed by atoms with E-state index < -0.39 is 0 Å². The van der Waals surface area contributed by atoms with E-state index in [1.807, 2.05) is 42.5 Å². The molecular weight excluding hydrogens is 456 g/mol. The van der Waals surface area contributed by atoms with Crippen LogP contribution < -0.4 is 5.32 Å². The molecule has 2 unspecified atom stereocenters. The molecule has 2 aromatic carbocycles. The molecule has 1 N–H and O–H groups in total. The van der Waals surface area contributed by atoms with Crippen molar-refractivity contribution < 1.29 is 9.59 Å². The first-order valence-corrected chi connectivity index (χ1v) is 13.8. The summed E-state index contributed by atoms with van der Waals surface area (Å²) in [5.41, 5.74) is 1.51. The van der Waals surface area contributed by atoms with E-state index in [1.54, 1.807) is 0 Å². The molecule has 6 nitrogen and oxygen atoms in total. The summed E-state index contributed by atoms with van der Waals surface area (Å²) < 4.78 is 0. The molecule has 7 heteroatoms. The first kappa shape index (κ1) is 22.7. The second kappa shape index (κ2) is 9.70. The number of hydrogen-bond acceptors (Lipinski definition) is 5. The number of amides is 2. The number of carbonyl (C=O) groups is 2. The zero-order chi connectivity index (χ0) is 23.8. The van der Waals surface area contributed by atoms with Crippen molar-refractivity contribution in [2.45, 2.75) is 56.9 Å². The molecule has 1 aromatic heterocycles. The summed E-state index contributed by atoms with van der Waals surface area (Å²) >= 11 is 1.53. The van der Waals surface area contributed by atoms with Crippen LogP contribution in [0.25, 0.3) is 10.8 Å². The molecule has 1 aliphatic carbocycles. The van der Waals surface area contributed by atoms with Gasteiger partial charge in [0, 0.05) is 29.6 Å². The molecule has 2 atom stereocenters. The third kappa shape index (κ3) is 4.59. The number of aromatic nitrogens is 1. The fourth-order valence-electron chi connectivity index (χ4n) is 5.99. The van der Waals surface area contributed by atoms with Crippen molar-refractivity contribution in [2.24, 2.45) is 0 Å². The molecule has 0 saturated carbocycles. The van der Waals surface area contributed by atoms with Crippen molar-refractivity contribution in [1.29, 1.82) is 0 Å². The normalized spacial score (nSPS) is 22.5. The Kier molecular flexibility index (Phi) is 6.29. The first-order chi connectivity index (χ1) is 17.2. The molecule has 2 fully saturated rings. The number of carbonyl (C=O) groups excluding carboxylic acids is 2. The van der Waals surface area contributed by atoms with Crippen molar-refractivity contribution in [3.63, 3.8) is 0 Å². The lowest BCUT2D eigenvalue weighted by atomic mass is 9.89. The molecule has 0 bridgehead atoms. The highest BCUT2D eigenvalue weighted by Gasteiger charge is 2.38. The number of likely N-dealkylation sites (tertiary alicyclic amines) is 2. The third-order valence-electron chi connectivity index (χ3n) is 7.81. The van der Waals surface area contributed by atoms with Crippen molar-refractivity contribution in [3.8, 4) is 0 Å². The zero-order valence-electron chi connectivity index (χ0n) is 20.0. The minimum Gasteiger partial charge on any atom is -0.338 e. The standard InChI is InChI=1S/C28H32N4O2S/c33-26(21-13-12-19-7-1-2-8-20(19)17-21)30-28-29-25-23(10-5-11-24(25)35-28)27(34)32-16-6-9-22(32)18-31-14-3-4-15-31/h1-2,7-8,12-13,17,22-23H,3-6,9-11,14-16,18H2,(H,29,30,33). The number of hydrogen-bond donors (Lipinski definition) is 1. The van der Waals surface area contributed by atoms with Crippen molar-refractivity contribution in [3.05, 3.63) is 58.6 Å². The zero-order valence-corrected chi connectivity index (χ0v) is 20.9. The van der Waals surface area contributed by atoms with E-state index in [-0.39, 0.29) is 17.7 Å². The number of aryl methyl sites for hydroxylation is 1. The van der Waals surface area contributed by atoms with Gasteiger partial charge in [-0.2, -0.15) is 0 Å². The fraction of sp³-hybridized carbons (Fsp3) is 0.464. The lowest BCUT2D eigenvalue weighted by Crippen LogP contribution is -2.45. The van der Waals surface area contributed by atoms with E-state index in [1.165, 1.54) is 37.3 Å². The van der Waals surface area contributed by atoms with Gasteiger partial charge in [0.05, 0.1) is 11.6 Å². The molecule has 2 aliphatic heterocycles. The molecule has 0 spiro atoms. The molecule has 6 rings (SSSR count). The highest BCUT2D eigenvalue weighted by Crippen LogP contribution is 2.39. The van der Waals surface area contributed by atoms with Crippen LogP contribution in [0.4, 0.5) is 5.13 Å². The van der Waals surface area contributed by atoms with Crippen LogP contribution in [0.1, 0.15) is 65.4 Å². The van der Waals surface area contributed by atoms with Gasteiger partial charge in [-0.1, -0.05) is 30.3 Å². The maximum Gasteiger partial charge on any atom is 0.257 e. The SMILES string of the molecule is O=C(Nc1nc2c(s1)CCCC2C(=O)N1CCCC1CN1CCCC1)c1ccc2ccccc2c1. The van der Waals surface area contributed by atoms with Gasteiger partial charge in [0.2, 0.25) is 5.91 Å². The van der Waals surface area contributed by atoms with E-state index in [0.717, 1.165) is 66.5 Å². The molecule has 182 valence electrons. The van der Waals surface area contributed by atoms with Crippen molar-refractivity contribution in [1.82, 2.24) is 14.8 Å². The third-order valence-corrected chi connectivity index (χ3v) is 8.86. The summed E-state index contributed by atoms with van der Waals surface area (Å²) in [4.78, 5) is 37.3. The average molecular weight is 489 g/mol. The van der Waals surface area contributed by atoms with Crippen LogP contribution in [0.5, 0.6) is 0 Å². The number of thiazole rings is 1. The first-order valence-electron chi connectivity index (χ1n) is 13.0. The minimum absolute atomic E-state index is 0.157. The van der Waals surface area contributed by atoms with Gasteiger partial charge in [0.1, 0.15) is 0 Å². The van der Waals surface area contributed by atoms with E-state index in [4.69, 9.17) is 4.98 Å². The van der Waals surface area contributed by atoms with E-state index >= 15 is 0 Å². The van der Waals surface area contributed by atoms with Crippen LogP contribution in [0, 0.1) is 0 Å².